The molecule has 1 amide bonds. The van der Waals surface area contributed by atoms with Crippen LogP contribution in [0.15, 0.2) is 53.0 Å². The lowest BCUT2D eigenvalue weighted by Gasteiger charge is -2.12. The molecule has 1 N–H and O–H groups in total. The number of amides is 1. The van der Waals surface area contributed by atoms with Crippen LogP contribution in [0.3, 0.4) is 0 Å². The van der Waals surface area contributed by atoms with Gasteiger partial charge in [0.15, 0.2) is 11.5 Å². The molecule has 0 fully saturated rings. The average molecular weight is 462 g/mol. The normalized spacial score (nSPS) is 10.8. The van der Waals surface area contributed by atoms with E-state index in [2.05, 4.69) is 27.8 Å². The van der Waals surface area contributed by atoms with Gasteiger partial charge in [0.1, 0.15) is 18.2 Å². The molecule has 0 bridgehead atoms. The molecule has 0 saturated carbocycles. The highest BCUT2D eigenvalue weighted by molar-refractivity contribution is 9.10. The van der Waals surface area contributed by atoms with Crippen molar-refractivity contribution in [3.8, 4) is 17.6 Å². The van der Waals surface area contributed by atoms with E-state index in [9.17, 15) is 10.1 Å². The first-order chi connectivity index (χ1) is 13.4. The summed E-state index contributed by atoms with van der Waals surface area (Å²) >= 11 is 9.51. The first-order valence-corrected chi connectivity index (χ1v) is 9.37. The van der Waals surface area contributed by atoms with Crippen LogP contribution >= 0.6 is 27.5 Å². The van der Waals surface area contributed by atoms with Crippen LogP contribution in [-0.2, 0) is 4.79 Å². The maximum Gasteiger partial charge on any atom is 0.266 e. The van der Waals surface area contributed by atoms with Crippen LogP contribution in [0.25, 0.3) is 6.08 Å². The Kier molecular flexibility index (Phi) is 7.68. The summed E-state index contributed by atoms with van der Waals surface area (Å²) in [5.41, 5.74) is 1.80. The lowest BCUT2D eigenvalue weighted by Crippen LogP contribution is -2.14. The Labute approximate surface area is 177 Å². The molecule has 0 radical (unpaired) electrons. The Morgan fingerprint density at radius 1 is 1.39 bits per heavy atom. The molecule has 0 aliphatic rings. The van der Waals surface area contributed by atoms with Crippen molar-refractivity contribution in [2.24, 2.45) is 0 Å². The van der Waals surface area contributed by atoms with Gasteiger partial charge in [0.2, 0.25) is 0 Å². The first kappa shape index (κ1) is 21.5. The first-order valence-electron chi connectivity index (χ1n) is 8.20. The summed E-state index contributed by atoms with van der Waals surface area (Å²) in [7, 11) is 1.51. The summed E-state index contributed by atoms with van der Waals surface area (Å²) in [6, 6.07) is 10.5. The van der Waals surface area contributed by atoms with Crippen molar-refractivity contribution in [2.75, 3.05) is 19.0 Å². The van der Waals surface area contributed by atoms with E-state index in [1.165, 1.54) is 13.2 Å². The van der Waals surface area contributed by atoms with Gasteiger partial charge in [0.05, 0.1) is 7.11 Å². The van der Waals surface area contributed by atoms with E-state index < -0.39 is 5.91 Å². The van der Waals surface area contributed by atoms with Gasteiger partial charge < -0.3 is 14.8 Å². The van der Waals surface area contributed by atoms with E-state index >= 15 is 0 Å². The monoisotopic (exact) mass is 460 g/mol. The number of carbonyl (C=O) groups excluding carboxylic acids is 1. The van der Waals surface area contributed by atoms with Crippen molar-refractivity contribution in [3.05, 3.63) is 69.2 Å². The molecule has 0 aliphatic carbocycles. The third-order valence-corrected chi connectivity index (χ3v) is 4.92. The van der Waals surface area contributed by atoms with Crippen molar-refractivity contribution >= 4 is 45.2 Å². The number of carbonyl (C=O) groups is 1. The minimum absolute atomic E-state index is 0.0677. The summed E-state index contributed by atoms with van der Waals surface area (Å²) in [6.07, 6.45) is 3.09. The third-order valence-electron chi connectivity index (χ3n) is 3.82. The van der Waals surface area contributed by atoms with Gasteiger partial charge in [-0.2, -0.15) is 5.26 Å². The van der Waals surface area contributed by atoms with Crippen LogP contribution in [0.1, 0.15) is 11.1 Å². The molecule has 5 nitrogen and oxygen atoms in total. The summed E-state index contributed by atoms with van der Waals surface area (Å²) < 4.78 is 11.5. The summed E-state index contributed by atoms with van der Waals surface area (Å²) in [5, 5.41) is 12.7. The van der Waals surface area contributed by atoms with Crippen molar-refractivity contribution in [3.63, 3.8) is 0 Å². The van der Waals surface area contributed by atoms with Gasteiger partial charge in [-0.05, 0) is 48.4 Å². The fourth-order valence-corrected chi connectivity index (χ4v) is 2.93. The number of rotatable bonds is 7. The van der Waals surface area contributed by atoms with Crippen LogP contribution in [-0.4, -0.2) is 19.6 Å². The number of halogens is 2. The van der Waals surface area contributed by atoms with Gasteiger partial charge in [-0.15, -0.1) is 0 Å². The number of anilines is 1. The Balaban J connectivity index is 2.35. The molecule has 2 aromatic carbocycles. The van der Waals surface area contributed by atoms with E-state index in [0.29, 0.717) is 38.9 Å². The predicted molar refractivity (Wildman–Crippen MR) is 115 cm³/mol. The zero-order valence-electron chi connectivity index (χ0n) is 15.4. The maximum absolute atomic E-state index is 12.6. The van der Waals surface area contributed by atoms with E-state index in [0.717, 1.165) is 5.56 Å². The number of nitriles is 1. The third kappa shape index (κ3) is 5.16. The Morgan fingerprint density at radius 2 is 2.14 bits per heavy atom. The van der Waals surface area contributed by atoms with Crippen LogP contribution in [0, 0.1) is 18.3 Å². The SMILES string of the molecule is C=CCOc1cc(Br)c(/C=C(\C#N)C(=O)Nc2cccc(Cl)c2C)cc1OC. The number of hydrogen-bond donors (Lipinski definition) is 1. The Morgan fingerprint density at radius 3 is 2.79 bits per heavy atom. The van der Waals surface area contributed by atoms with E-state index in [1.807, 2.05) is 6.07 Å². The fraction of sp³-hybridized carbons (Fsp3) is 0.143. The van der Waals surface area contributed by atoms with Gasteiger partial charge >= 0.3 is 0 Å². The van der Waals surface area contributed by atoms with Crippen LogP contribution in [0.2, 0.25) is 5.02 Å². The van der Waals surface area contributed by atoms with Gasteiger partial charge in [-0.25, -0.2) is 0 Å². The van der Waals surface area contributed by atoms with Crippen molar-refractivity contribution < 1.29 is 14.3 Å². The fourth-order valence-electron chi connectivity index (χ4n) is 2.32. The van der Waals surface area contributed by atoms with Crippen molar-refractivity contribution in [1.82, 2.24) is 0 Å². The second-order valence-electron chi connectivity index (χ2n) is 5.66. The van der Waals surface area contributed by atoms with E-state index in [4.69, 9.17) is 21.1 Å². The number of benzene rings is 2. The highest BCUT2D eigenvalue weighted by atomic mass is 79.9. The number of nitrogens with one attached hydrogen (secondary N) is 1. The van der Waals surface area contributed by atoms with Gasteiger partial charge in [0.25, 0.3) is 5.91 Å². The maximum atomic E-state index is 12.6. The Hall–Kier alpha value is -2.75. The molecule has 28 heavy (non-hydrogen) atoms. The lowest BCUT2D eigenvalue weighted by molar-refractivity contribution is -0.112. The molecule has 0 atom stereocenters. The molecular weight excluding hydrogens is 444 g/mol. The second-order valence-corrected chi connectivity index (χ2v) is 6.92. The largest absolute Gasteiger partial charge is 0.493 e. The van der Waals surface area contributed by atoms with Crippen LogP contribution < -0.4 is 14.8 Å². The number of hydrogen-bond acceptors (Lipinski definition) is 4. The standard InChI is InChI=1S/C21H18BrClN2O3/c1-4-8-28-20-11-16(22)14(10-19(20)27-3)9-15(12-24)21(26)25-18-7-5-6-17(23)13(18)2/h4-7,9-11H,1,8H2,2-3H3,(H,25,26)/b15-9+. The minimum Gasteiger partial charge on any atom is -0.493 e. The molecular formula is C21H18BrClN2O3. The lowest BCUT2D eigenvalue weighted by atomic mass is 10.1. The average Bonchev–Trinajstić information content (AvgIpc) is 2.68. The number of ether oxygens (including phenoxy) is 2. The molecule has 0 heterocycles. The zero-order chi connectivity index (χ0) is 20.7. The highest BCUT2D eigenvalue weighted by Crippen LogP contribution is 2.35. The molecule has 2 rings (SSSR count). The summed E-state index contributed by atoms with van der Waals surface area (Å²) in [4.78, 5) is 12.6. The van der Waals surface area contributed by atoms with Crippen molar-refractivity contribution in [2.45, 2.75) is 6.92 Å². The second kappa shape index (κ2) is 9.98. The molecule has 144 valence electrons. The Bertz CT molecular complexity index is 980. The molecule has 0 aromatic heterocycles. The van der Waals surface area contributed by atoms with E-state index in [1.54, 1.807) is 43.3 Å². The van der Waals surface area contributed by atoms with Crippen LogP contribution in [0.4, 0.5) is 5.69 Å². The van der Waals surface area contributed by atoms with E-state index in [-0.39, 0.29) is 5.57 Å². The van der Waals surface area contributed by atoms with Gasteiger partial charge in [-0.3, -0.25) is 4.79 Å². The smallest absolute Gasteiger partial charge is 0.266 e. The highest BCUT2D eigenvalue weighted by Gasteiger charge is 2.15. The molecule has 0 saturated heterocycles. The molecule has 0 unspecified atom stereocenters. The molecule has 0 aliphatic heterocycles. The summed E-state index contributed by atoms with van der Waals surface area (Å²) in [5.74, 6) is 0.453. The molecule has 0 spiro atoms. The summed E-state index contributed by atoms with van der Waals surface area (Å²) in [6.45, 7) is 5.72. The number of nitrogens with zero attached hydrogens (tertiary/aromatic N) is 1. The minimum atomic E-state index is -0.536. The van der Waals surface area contributed by atoms with Gasteiger partial charge in [0, 0.05) is 15.2 Å². The quantitative estimate of drug-likeness (QED) is 0.334. The zero-order valence-corrected chi connectivity index (χ0v) is 17.7. The number of methoxy groups -OCH3 is 1. The predicted octanol–water partition coefficient (Wildman–Crippen LogP) is 5.53. The van der Waals surface area contributed by atoms with Gasteiger partial charge in [-0.1, -0.05) is 46.3 Å². The van der Waals surface area contributed by atoms with Crippen molar-refractivity contribution in [1.29, 1.82) is 5.26 Å². The molecule has 2 aromatic rings. The van der Waals surface area contributed by atoms with Crippen LogP contribution in [0.5, 0.6) is 11.5 Å². The molecule has 7 heteroatoms. The topological polar surface area (TPSA) is 71.3 Å².